The van der Waals surface area contributed by atoms with Crippen LogP contribution in [-0.4, -0.2) is 11.6 Å². The fourth-order valence-electron chi connectivity index (χ4n) is 5.92. The van der Waals surface area contributed by atoms with E-state index in [1.807, 2.05) is 42.5 Å². The average molecular weight is 494 g/mol. The normalized spacial score (nSPS) is 22.1. The van der Waals surface area contributed by atoms with E-state index in [0.717, 1.165) is 46.6 Å². The Balaban J connectivity index is 1.85. The number of rotatable bonds is 2. The van der Waals surface area contributed by atoms with Crippen LogP contribution in [0.4, 0.5) is 5.69 Å². The number of Topliss-reactive ketones (excluding diaryl/α,β-unsaturated/α-hetero) is 2. The molecule has 0 N–H and O–H groups in total. The van der Waals surface area contributed by atoms with E-state index < -0.39 is 0 Å². The van der Waals surface area contributed by atoms with Gasteiger partial charge in [-0.25, -0.2) is 0 Å². The molecule has 0 saturated carbocycles. The number of halogens is 2. The summed E-state index contributed by atoms with van der Waals surface area (Å²) in [6, 6.07) is 15.5. The monoisotopic (exact) mass is 493 g/mol. The maximum Gasteiger partial charge on any atom is 0.162 e. The first kappa shape index (κ1) is 23.4. The third-order valence-corrected chi connectivity index (χ3v) is 7.58. The Labute approximate surface area is 211 Å². The highest BCUT2D eigenvalue weighted by Gasteiger charge is 2.49. The first-order valence-corrected chi connectivity index (χ1v) is 12.6. The lowest BCUT2D eigenvalue weighted by Crippen LogP contribution is -2.44. The molecule has 0 spiro atoms. The summed E-state index contributed by atoms with van der Waals surface area (Å²) in [6.07, 6.45) is 2.38. The molecule has 0 bridgehead atoms. The minimum atomic E-state index is -0.343. The van der Waals surface area contributed by atoms with E-state index >= 15 is 0 Å². The first-order valence-electron chi connectivity index (χ1n) is 11.8. The molecule has 0 amide bonds. The number of allylic oxidation sites excluding steroid dienone is 4. The molecule has 176 valence electrons. The van der Waals surface area contributed by atoms with E-state index in [1.54, 1.807) is 6.07 Å². The molecule has 1 aliphatic heterocycles. The van der Waals surface area contributed by atoms with Crippen molar-refractivity contribution in [2.75, 3.05) is 4.90 Å². The average Bonchev–Trinajstić information content (AvgIpc) is 2.70. The van der Waals surface area contributed by atoms with E-state index in [-0.39, 0.29) is 28.3 Å². The van der Waals surface area contributed by atoms with E-state index in [9.17, 15) is 9.59 Å². The molecule has 3 nitrogen and oxygen atoms in total. The molecular weight excluding hydrogens is 465 g/mol. The lowest BCUT2D eigenvalue weighted by Gasteiger charge is -2.49. The second-order valence-corrected chi connectivity index (χ2v) is 12.3. The third kappa shape index (κ3) is 4.03. The van der Waals surface area contributed by atoms with Crippen molar-refractivity contribution in [1.82, 2.24) is 0 Å². The van der Waals surface area contributed by atoms with Crippen LogP contribution in [0.5, 0.6) is 0 Å². The second-order valence-electron chi connectivity index (χ2n) is 11.4. The Bertz CT molecular complexity index is 1200. The smallest absolute Gasteiger partial charge is 0.162 e. The SMILES string of the molecule is CC1(C)CC(=O)C2=C(C1)N(c1cc(Cl)cc(Cl)c1)C1=C(C(=O)CC(C)(C)C1)C2c1ccccc1. The van der Waals surface area contributed by atoms with Gasteiger partial charge in [-0.1, -0.05) is 81.2 Å². The van der Waals surface area contributed by atoms with Gasteiger partial charge in [0, 0.05) is 57.0 Å². The molecule has 1 heterocycles. The van der Waals surface area contributed by atoms with Gasteiger partial charge in [0.2, 0.25) is 0 Å². The number of benzene rings is 2. The molecule has 2 aromatic rings. The lowest BCUT2D eigenvalue weighted by atomic mass is 9.63. The van der Waals surface area contributed by atoms with Gasteiger partial charge >= 0.3 is 0 Å². The molecule has 0 atom stereocenters. The predicted molar refractivity (Wildman–Crippen MR) is 138 cm³/mol. The minimum absolute atomic E-state index is 0.113. The summed E-state index contributed by atoms with van der Waals surface area (Å²) in [6.45, 7) is 8.54. The molecule has 0 fully saturated rings. The van der Waals surface area contributed by atoms with Crippen molar-refractivity contribution in [3.05, 3.63) is 86.7 Å². The summed E-state index contributed by atoms with van der Waals surface area (Å²) in [7, 11) is 0. The molecule has 0 saturated heterocycles. The molecule has 2 aliphatic carbocycles. The molecule has 34 heavy (non-hydrogen) atoms. The number of carbonyl (C=O) groups is 2. The number of hydrogen-bond acceptors (Lipinski definition) is 3. The molecule has 0 aromatic heterocycles. The van der Waals surface area contributed by atoms with Crippen LogP contribution in [-0.2, 0) is 9.59 Å². The van der Waals surface area contributed by atoms with Gasteiger partial charge in [0.1, 0.15) is 0 Å². The summed E-state index contributed by atoms with van der Waals surface area (Å²) in [5, 5.41) is 1.06. The fraction of sp³-hybridized carbons (Fsp3) is 0.379. The Morgan fingerprint density at radius 1 is 0.735 bits per heavy atom. The number of anilines is 1. The number of ketones is 2. The van der Waals surface area contributed by atoms with E-state index in [2.05, 4.69) is 32.6 Å². The van der Waals surface area contributed by atoms with Crippen LogP contribution >= 0.6 is 23.2 Å². The maximum atomic E-state index is 13.8. The largest absolute Gasteiger partial charge is 0.317 e. The van der Waals surface area contributed by atoms with Crippen molar-refractivity contribution in [3.63, 3.8) is 0 Å². The van der Waals surface area contributed by atoms with Crippen molar-refractivity contribution < 1.29 is 9.59 Å². The Morgan fingerprint density at radius 3 is 1.68 bits per heavy atom. The first-order chi connectivity index (χ1) is 16.0. The topological polar surface area (TPSA) is 37.4 Å². The van der Waals surface area contributed by atoms with Crippen LogP contribution < -0.4 is 4.90 Å². The molecule has 0 radical (unpaired) electrons. The van der Waals surface area contributed by atoms with Crippen molar-refractivity contribution in [2.45, 2.75) is 59.3 Å². The molecule has 3 aliphatic rings. The lowest BCUT2D eigenvalue weighted by molar-refractivity contribution is -0.119. The van der Waals surface area contributed by atoms with Gasteiger partial charge in [0.15, 0.2) is 11.6 Å². The Hall–Kier alpha value is -2.36. The molecular formula is C29H29Cl2NO2. The van der Waals surface area contributed by atoms with Gasteiger partial charge in [-0.05, 0) is 47.4 Å². The predicted octanol–water partition coefficient (Wildman–Crippen LogP) is 7.88. The van der Waals surface area contributed by atoms with Crippen molar-refractivity contribution >= 4 is 40.5 Å². The number of nitrogens with zero attached hydrogens (tertiary/aromatic N) is 1. The summed E-state index contributed by atoms with van der Waals surface area (Å²) in [4.78, 5) is 29.7. The van der Waals surface area contributed by atoms with Gasteiger partial charge in [0.05, 0.1) is 0 Å². The van der Waals surface area contributed by atoms with Crippen LogP contribution in [0, 0.1) is 10.8 Å². The standard InChI is InChI=1S/C29H29Cl2NO2/c1-28(2)13-21-26(23(33)15-28)25(17-8-6-5-7-9-17)27-22(14-29(3,4)16-24(27)34)32(21)20-11-18(30)10-19(31)12-20/h5-12,25H,13-16H2,1-4H3. The second kappa shape index (κ2) is 8.10. The fourth-order valence-corrected chi connectivity index (χ4v) is 6.44. The quantitative estimate of drug-likeness (QED) is 0.426. The van der Waals surface area contributed by atoms with Gasteiger partial charge in [-0.2, -0.15) is 0 Å². The van der Waals surface area contributed by atoms with Crippen LogP contribution in [0.15, 0.2) is 71.1 Å². The van der Waals surface area contributed by atoms with Crippen molar-refractivity contribution in [3.8, 4) is 0 Å². The van der Waals surface area contributed by atoms with Gasteiger partial charge < -0.3 is 4.90 Å². The van der Waals surface area contributed by atoms with E-state index in [0.29, 0.717) is 22.9 Å². The van der Waals surface area contributed by atoms with Crippen LogP contribution in [0.2, 0.25) is 10.0 Å². The summed E-state index contributed by atoms with van der Waals surface area (Å²) >= 11 is 12.9. The summed E-state index contributed by atoms with van der Waals surface area (Å²) in [5.74, 6) is -0.117. The van der Waals surface area contributed by atoms with Gasteiger partial charge in [-0.3, -0.25) is 9.59 Å². The van der Waals surface area contributed by atoms with Gasteiger partial charge in [-0.15, -0.1) is 0 Å². The highest BCUT2D eigenvalue weighted by atomic mass is 35.5. The molecule has 5 heteroatoms. The third-order valence-electron chi connectivity index (χ3n) is 7.15. The Morgan fingerprint density at radius 2 is 1.21 bits per heavy atom. The summed E-state index contributed by atoms with van der Waals surface area (Å²) in [5.41, 5.74) is 4.85. The number of carbonyl (C=O) groups excluding carboxylic acids is 2. The minimum Gasteiger partial charge on any atom is -0.317 e. The highest BCUT2D eigenvalue weighted by Crippen LogP contribution is 2.55. The Kier molecular flexibility index (Phi) is 5.57. The van der Waals surface area contributed by atoms with Gasteiger partial charge in [0.25, 0.3) is 0 Å². The van der Waals surface area contributed by atoms with E-state index in [1.165, 1.54) is 0 Å². The van der Waals surface area contributed by atoms with Crippen molar-refractivity contribution in [2.24, 2.45) is 10.8 Å². The zero-order chi connectivity index (χ0) is 24.4. The maximum absolute atomic E-state index is 13.8. The molecule has 2 aromatic carbocycles. The zero-order valence-corrected chi connectivity index (χ0v) is 21.6. The number of hydrogen-bond donors (Lipinski definition) is 0. The van der Waals surface area contributed by atoms with Crippen LogP contribution in [0.25, 0.3) is 0 Å². The summed E-state index contributed by atoms with van der Waals surface area (Å²) < 4.78 is 0. The molecule has 0 unspecified atom stereocenters. The van der Waals surface area contributed by atoms with Crippen LogP contribution in [0.3, 0.4) is 0 Å². The van der Waals surface area contributed by atoms with Crippen LogP contribution in [0.1, 0.15) is 64.9 Å². The van der Waals surface area contributed by atoms with E-state index in [4.69, 9.17) is 23.2 Å². The van der Waals surface area contributed by atoms with Crippen molar-refractivity contribution in [1.29, 1.82) is 0 Å². The zero-order valence-electron chi connectivity index (χ0n) is 20.0. The highest BCUT2D eigenvalue weighted by molar-refractivity contribution is 6.35. The molecule has 5 rings (SSSR count).